The SMILES string of the molecule is COc1ccc(N2CCN(S(=O)(=O)CCCNC(=O)C(C)Oc3ccccc3)CC2)cc1. The standard InChI is InChI=1S/C23H31N3O5S/c1-19(31-22-7-4-3-5-8-22)23(27)24-13-6-18-32(28,29)26-16-14-25(15-17-26)20-9-11-21(30-2)12-10-20/h3-5,7-12,19H,6,13-18H2,1-2H3,(H,24,27). The number of carbonyl (C=O) groups excluding carboxylic acids is 1. The number of sulfonamides is 1. The van der Waals surface area contributed by atoms with Crippen molar-refractivity contribution < 1.29 is 22.7 Å². The highest BCUT2D eigenvalue weighted by molar-refractivity contribution is 7.89. The normalized spacial score (nSPS) is 15.8. The number of rotatable bonds is 10. The molecule has 1 amide bonds. The summed E-state index contributed by atoms with van der Waals surface area (Å²) in [7, 11) is -1.73. The minimum atomic E-state index is -3.36. The maximum absolute atomic E-state index is 12.7. The number of piperazine rings is 1. The van der Waals surface area contributed by atoms with E-state index in [1.165, 1.54) is 4.31 Å². The van der Waals surface area contributed by atoms with Crippen molar-refractivity contribution in [2.24, 2.45) is 0 Å². The summed E-state index contributed by atoms with van der Waals surface area (Å²) in [5.74, 6) is 1.15. The van der Waals surface area contributed by atoms with Crippen LogP contribution in [0.5, 0.6) is 11.5 Å². The number of amides is 1. The number of para-hydroxylation sites is 1. The van der Waals surface area contributed by atoms with Gasteiger partial charge in [-0.2, -0.15) is 4.31 Å². The highest BCUT2D eigenvalue weighted by Crippen LogP contribution is 2.21. The van der Waals surface area contributed by atoms with Crippen molar-refractivity contribution in [1.82, 2.24) is 9.62 Å². The zero-order chi connectivity index (χ0) is 23.0. The van der Waals surface area contributed by atoms with Crippen LogP contribution in [0, 0.1) is 0 Å². The van der Waals surface area contributed by atoms with Crippen LogP contribution in [0.2, 0.25) is 0 Å². The Morgan fingerprint density at radius 2 is 1.66 bits per heavy atom. The molecule has 9 heteroatoms. The number of anilines is 1. The molecule has 0 aliphatic carbocycles. The first-order valence-corrected chi connectivity index (χ1v) is 12.4. The highest BCUT2D eigenvalue weighted by atomic mass is 32.2. The van der Waals surface area contributed by atoms with Crippen LogP contribution in [-0.4, -0.2) is 70.3 Å². The summed E-state index contributed by atoms with van der Waals surface area (Å²) in [6.07, 6.45) is -0.301. The first-order chi connectivity index (χ1) is 15.4. The average molecular weight is 462 g/mol. The lowest BCUT2D eigenvalue weighted by Crippen LogP contribution is -2.49. The number of nitrogens with one attached hydrogen (secondary N) is 1. The molecule has 32 heavy (non-hydrogen) atoms. The van der Waals surface area contributed by atoms with Gasteiger partial charge in [0.1, 0.15) is 11.5 Å². The van der Waals surface area contributed by atoms with Crippen molar-refractivity contribution in [2.75, 3.05) is 50.5 Å². The first-order valence-electron chi connectivity index (χ1n) is 10.8. The molecule has 1 aliphatic heterocycles. The zero-order valence-electron chi connectivity index (χ0n) is 18.6. The van der Waals surface area contributed by atoms with E-state index < -0.39 is 16.1 Å². The minimum Gasteiger partial charge on any atom is -0.497 e. The predicted molar refractivity (Wildman–Crippen MR) is 125 cm³/mol. The van der Waals surface area contributed by atoms with Gasteiger partial charge in [0, 0.05) is 38.4 Å². The number of hydrogen-bond acceptors (Lipinski definition) is 6. The number of ether oxygens (including phenoxy) is 2. The fourth-order valence-corrected chi connectivity index (χ4v) is 5.00. The van der Waals surface area contributed by atoms with Crippen LogP contribution in [0.25, 0.3) is 0 Å². The van der Waals surface area contributed by atoms with Gasteiger partial charge in [-0.15, -0.1) is 0 Å². The van der Waals surface area contributed by atoms with Crippen molar-refractivity contribution in [3.05, 3.63) is 54.6 Å². The van der Waals surface area contributed by atoms with Gasteiger partial charge in [-0.3, -0.25) is 4.79 Å². The minimum absolute atomic E-state index is 0.00371. The second-order valence-electron chi connectivity index (χ2n) is 7.62. The molecule has 1 heterocycles. The van der Waals surface area contributed by atoms with Gasteiger partial charge in [-0.05, 0) is 49.7 Å². The molecule has 0 bridgehead atoms. The van der Waals surface area contributed by atoms with Gasteiger partial charge in [0.05, 0.1) is 12.9 Å². The van der Waals surface area contributed by atoms with Crippen LogP contribution in [0.1, 0.15) is 13.3 Å². The second-order valence-corrected chi connectivity index (χ2v) is 9.71. The van der Waals surface area contributed by atoms with E-state index in [0.29, 0.717) is 38.3 Å². The molecular formula is C23H31N3O5S. The van der Waals surface area contributed by atoms with Gasteiger partial charge in [-0.25, -0.2) is 8.42 Å². The number of benzene rings is 2. The zero-order valence-corrected chi connectivity index (χ0v) is 19.4. The van der Waals surface area contributed by atoms with Crippen LogP contribution in [0.3, 0.4) is 0 Å². The average Bonchev–Trinajstić information content (AvgIpc) is 2.82. The Morgan fingerprint density at radius 3 is 2.28 bits per heavy atom. The molecule has 8 nitrogen and oxygen atoms in total. The van der Waals surface area contributed by atoms with E-state index in [1.54, 1.807) is 26.2 Å². The molecule has 1 aliphatic rings. The summed E-state index contributed by atoms with van der Waals surface area (Å²) in [5, 5.41) is 2.75. The van der Waals surface area contributed by atoms with Crippen molar-refractivity contribution >= 4 is 21.6 Å². The van der Waals surface area contributed by atoms with Gasteiger partial charge < -0.3 is 19.7 Å². The molecule has 3 rings (SSSR count). The largest absolute Gasteiger partial charge is 0.497 e. The molecule has 174 valence electrons. The van der Waals surface area contributed by atoms with Gasteiger partial charge in [0.15, 0.2) is 6.10 Å². The number of carbonyl (C=O) groups is 1. The predicted octanol–water partition coefficient (Wildman–Crippen LogP) is 2.12. The Bertz CT molecular complexity index is 959. The monoisotopic (exact) mass is 461 g/mol. The maximum atomic E-state index is 12.7. The molecule has 0 saturated carbocycles. The quantitative estimate of drug-likeness (QED) is 0.546. The summed E-state index contributed by atoms with van der Waals surface area (Å²) >= 11 is 0. The van der Waals surface area contributed by atoms with Crippen LogP contribution in [-0.2, 0) is 14.8 Å². The van der Waals surface area contributed by atoms with Gasteiger partial charge in [-0.1, -0.05) is 18.2 Å². The molecule has 0 spiro atoms. The van der Waals surface area contributed by atoms with Crippen LogP contribution < -0.4 is 19.7 Å². The molecule has 1 unspecified atom stereocenters. The molecule has 1 saturated heterocycles. The third-order valence-electron chi connectivity index (χ3n) is 5.37. The third-order valence-corrected chi connectivity index (χ3v) is 7.33. The fourth-order valence-electron chi connectivity index (χ4n) is 3.51. The second kappa shape index (κ2) is 11.2. The maximum Gasteiger partial charge on any atom is 0.260 e. The van der Waals surface area contributed by atoms with Gasteiger partial charge in [0.2, 0.25) is 10.0 Å². The smallest absolute Gasteiger partial charge is 0.260 e. The van der Waals surface area contributed by atoms with E-state index in [0.717, 1.165) is 11.4 Å². The Balaban J connectivity index is 1.38. The molecule has 1 fully saturated rings. The molecule has 0 radical (unpaired) electrons. The summed E-state index contributed by atoms with van der Waals surface area (Å²) in [4.78, 5) is 14.3. The summed E-state index contributed by atoms with van der Waals surface area (Å²) in [6, 6.07) is 16.9. The summed E-state index contributed by atoms with van der Waals surface area (Å²) < 4.78 is 37.7. The molecule has 2 aromatic carbocycles. The Hall–Kier alpha value is -2.78. The van der Waals surface area contributed by atoms with Gasteiger partial charge >= 0.3 is 0 Å². The van der Waals surface area contributed by atoms with Crippen molar-refractivity contribution in [3.63, 3.8) is 0 Å². The number of nitrogens with zero attached hydrogens (tertiary/aromatic N) is 2. The van der Waals surface area contributed by atoms with E-state index in [1.807, 2.05) is 42.5 Å². The highest BCUT2D eigenvalue weighted by Gasteiger charge is 2.26. The van der Waals surface area contributed by atoms with Crippen LogP contribution >= 0.6 is 0 Å². The topological polar surface area (TPSA) is 88.2 Å². The molecular weight excluding hydrogens is 430 g/mol. The number of hydrogen-bond donors (Lipinski definition) is 1. The molecule has 1 N–H and O–H groups in total. The van der Waals surface area contributed by atoms with Crippen LogP contribution in [0.4, 0.5) is 5.69 Å². The molecule has 1 atom stereocenters. The summed E-state index contributed by atoms with van der Waals surface area (Å²) in [6.45, 7) is 4.12. The van der Waals surface area contributed by atoms with Crippen molar-refractivity contribution in [3.8, 4) is 11.5 Å². The Labute approximate surface area is 190 Å². The van der Waals surface area contributed by atoms with E-state index in [-0.39, 0.29) is 18.2 Å². The van der Waals surface area contributed by atoms with Gasteiger partial charge in [0.25, 0.3) is 5.91 Å². The fraction of sp³-hybridized carbons (Fsp3) is 0.435. The Morgan fingerprint density at radius 1 is 1.00 bits per heavy atom. The first kappa shape index (κ1) is 23.9. The van der Waals surface area contributed by atoms with Crippen molar-refractivity contribution in [1.29, 1.82) is 0 Å². The lowest BCUT2D eigenvalue weighted by Gasteiger charge is -2.35. The number of methoxy groups -OCH3 is 1. The van der Waals surface area contributed by atoms with E-state index in [2.05, 4.69) is 10.2 Å². The van der Waals surface area contributed by atoms with Crippen molar-refractivity contribution in [2.45, 2.75) is 19.4 Å². The molecule has 0 aromatic heterocycles. The third kappa shape index (κ3) is 6.61. The van der Waals surface area contributed by atoms with E-state index in [4.69, 9.17) is 9.47 Å². The van der Waals surface area contributed by atoms with Crippen LogP contribution in [0.15, 0.2) is 54.6 Å². The Kier molecular flexibility index (Phi) is 8.35. The lowest BCUT2D eigenvalue weighted by atomic mass is 10.2. The van der Waals surface area contributed by atoms with E-state index >= 15 is 0 Å². The molecule has 2 aromatic rings. The lowest BCUT2D eigenvalue weighted by molar-refractivity contribution is -0.127. The van der Waals surface area contributed by atoms with E-state index in [9.17, 15) is 13.2 Å². The summed E-state index contributed by atoms with van der Waals surface area (Å²) in [5.41, 5.74) is 1.05.